The topological polar surface area (TPSA) is 101 Å². The van der Waals surface area contributed by atoms with Crippen LogP contribution in [0.2, 0.25) is 0 Å². The summed E-state index contributed by atoms with van der Waals surface area (Å²) in [6.07, 6.45) is 0. The zero-order valence-corrected chi connectivity index (χ0v) is 12.1. The molecule has 0 saturated heterocycles. The molecule has 0 spiro atoms. The van der Waals surface area contributed by atoms with Gasteiger partial charge < -0.3 is 5.73 Å². The van der Waals surface area contributed by atoms with E-state index < -0.39 is 15.8 Å². The number of hydrogen-bond donors (Lipinski definition) is 3. The second-order valence-electron chi connectivity index (χ2n) is 4.55. The smallest absolute Gasteiger partial charge is 0.263 e. The lowest BCUT2D eigenvalue weighted by Crippen LogP contribution is -2.15. The van der Waals surface area contributed by atoms with Gasteiger partial charge in [-0.3, -0.25) is 9.82 Å². The number of benzene rings is 1. The minimum atomic E-state index is -3.94. The summed E-state index contributed by atoms with van der Waals surface area (Å²) in [6, 6.07) is 2.15. The Bertz CT molecular complexity index is 745. The maximum absolute atomic E-state index is 13.6. The number of H-pyrrole nitrogens is 1. The summed E-state index contributed by atoms with van der Waals surface area (Å²) in [5, 5.41) is 6.52. The van der Waals surface area contributed by atoms with Crippen molar-refractivity contribution in [1.29, 1.82) is 0 Å². The number of nitrogens with zero attached hydrogens (tertiary/aromatic N) is 1. The van der Waals surface area contributed by atoms with E-state index in [2.05, 4.69) is 14.9 Å². The van der Waals surface area contributed by atoms with Crippen molar-refractivity contribution >= 4 is 21.5 Å². The Kier molecular flexibility index (Phi) is 3.43. The molecule has 1 aromatic carbocycles. The first-order chi connectivity index (χ1) is 9.22. The molecule has 20 heavy (non-hydrogen) atoms. The summed E-state index contributed by atoms with van der Waals surface area (Å²) in [5.41, 5.74) is 7.32. The Labute approximate surface area is 116 Å². The summed E-state index contributed by atoms with van der Waals surface area (Å²) >= 11 is 0. The van der Waals surface area contributed by atoms with Gasteiger partial charge in [-0.15, -0.1) is 0 Å². The Morgan fingerprint density at radius 3 is 2.40 bits per heavy atom. The van der Waals surface area contributed by atoms with Gasteiger partial charge in [-0.05, 0) is 32.9 Å². The Morgan fingerprint density at radius 1 is 1.25 bits per heavy atom. The first-order valence-electron chi connectivity index (χ1n) is 5.82. The van der Waals surface area contributed by atoms with Crippen LogP contribution in [-0.2, 0) is 10.0 Å². The molecule has 0 amide bonds. The number of anilines is 2. The molecule has 0 atom stereocenters. The summed E-state index contributed by atoms with van der Waals surface area (Å²) < 4.78 is 40.3. The second kappa shape index (κ2) is 4.78. The molecule has 0 radical (unpaired) electrons. The zero-order chi connectivity index (χ0) is 15.1. The average molecular weight is 298 g/mol. The first-order valence-corrected chi connectivity index (χ1v) is 7.30. The molecule has 0 aliphatic heterocycles. The molecule has 0 unspecified atom stereocenters. The molecule has 0 saturated carbocycles. The third kappa shape index (κ3) is 2.46. The summed E-state index contributed by atoms with van der Waals surface area (Å²) in [6.45, 7) is 4.97. The maximum atomic E-state index is 13.6. The normalized spacial score (nSPS) is 11.6. The van der Waals surface area contributed by atoms with Gasteiger partial charge in [0, 0.05) is 22.5 Å². The highest BCUT2D eigenvalue weighted by molar-refractivity contribution is 7.92. The largest absolute Gasteiger partial charge is 0.398 e. The molecule has 2 rings (SSSR count). The van der Waals surface area contributed by atoms with Crippen LogP contribution >= 0.6 is 0 Å². The summed E-state index contributed by atoms with van der Waals surface area (Å²) in [4.78, 5) is -0.238. The molecule has 4 N–H and O–H groups in total. The number of rotatable bonds is 3. The fourth-order valence-electron chi connectivity index (χ4n) is 1.60. The van der Waals surface area contributed by atoms with Gasteiger partial charge in [-0.2, -0.15) is 5.10 Å². The van der Waals surface area contributed by atoms with Crippen molar-refractivity contribution in [3.8, 4) is 0 Å². The van der Waals surface area contributed by atoms with Crippen LogP contribution in [0.15, 0.2) is 17.0 Å². The van der Waals surface area contributed by atoms with Crippen LogP contribution in [0, 0.1) is 26.6 Å². The number of hydrogen-bond acceptors (Lipinski definition) is 4. The van der Waals surface area contributed by atoms with Crippen molar-refractivity contribution in [2.75, 3.05) is 10.5 Å². The molecule has 6 nitrogen and oxygen atoms in total. The van der Waals surface area contributed by atoms with E-state index in [1.807, 2.05) is 0 Å². The average Bonchev–Trinajstić information content (AvgIpc) is 2.67. The van der Waals surface area contributed by atoms with Crippen molar-refractivity contribution < 1.29 is 12.8 Å². The van der Waals surface area contributed by atoms with Crippen molar-refractivity contribution in [3.05, 3.63) is 34.8 Å². The van der Waals surface area contributed by atoms with Crippen LogP contribution in [0.4, 0.5) is 15.9 Å². The number of nitrogens with two attached hydrogens (primary N) is 1. The van der Waals surface area contributed by atoms with Gasteiger partial charge in [0.15, 0.2) is 5.82 Å². The standard InChI is InChI=1S/C12H15FN4O2S/c1-6-8(3)15-16-12(6)17-20(18,19)9-4-10(13)7(2)11(14)5-9/h4-5H,14H2,1-3H3,(H2,15,16,17). The highest BCUT2D eigenvalue weighted by atomic mass is 32.2. The van der Waals surface area contributed by atoms with Crippen molar-refractivity contribution in [2.45, 2.75) is 25.7 Å². The molecule has 1 heterocycles. The van der Waals surface area contributed by atoms with Gasteiger partial charge >= 0.3 is 0 Å². The van der Waals surface area contributed by atoms with E-state index in [4.69, 9.17) is 5.73 Å². The van der Waals surface area contributed by atoms with Crippen molar-refractivity contribution in [1.82, 2.24) is 10.2 Å². The van der Waals surface area contributed by atoms with Crippen LogP contribution in [0.5, 0.6) is 0 Å². The molecular weight excluding hydrogens is 283 g/mol. The molecule has 0 aliphatic carbocycles. The van der Waals surface area contributed by atoms with Crippen LogP contribution < -0.4 is 10.5 Å². The van der Waals surface area contributed by atoms with E-state index in [1.54, 1.807) is 13.8 Å². The zero-order valence-electron chi connectivity index (χ0n) is 11.3. The Hall–Kier alpha value is -2.09. The van der Waals surface area contributed by atoms with Gasteiger partial charge in [-0.1, -0.05) is 0 Å². The third-order valence-electron chi connectivity index (χ3n) is 3.15. The van der Waals surface area contributed by atoms with Gasteiger partial charge in [0.05, 0.1) is 4.90 Å². The van der Waals surface area contributed by atoms with Gasteiger partial charge in [0.25, 0.3) is 10.0 Å². The first kappa shape index (κ1) is 14.3. The van der Waals surface area contributed by atoms with Gasteiger partial charge in [0.2, 0.25) is 0 Å². The van der Waals surface area contributed by atoms with Crippen LogP contribution in [-0.4, -0.2) is 18.6 Å². The fourth-order valence-corrected chi connectivity index (χ4v) is 2.71. The van der Waals surface area contributed by atoms with Crippen LogP contribution in [0.3, 0.4) is 0 Å². The third-order valence-corrected chi connectivity index (χ3v) is 4.47. The van der Waals surface area contributed by atoms with E-state index in [0.717, 1.165) is 11.8 Å². The van der Waals surface area contributed by atoms with E-state index in [9.17, 15) is 12.8 Å². The highest BCUT2D eigenvalue weighted by Gasteiger charge is 2.20. The SMILES string of the molecule is Cc1[nH]nc(NS(=O)(=O)c2cc(N)c(C)c(F)c2)c1C. The Morgan fingerprint density at radius 2 is 1.90 bits per heavy atom. The predicted octanol–water partition coefficient (Wildman–Crippen LogP) is 1.86. The summed E-state index contributed by atoms with van der Waals surface area (Å²) in [7, 11) is -3.94. The van der Waals surface area contributed by atoms with Crippen molar-refractivity contribution in [3.63, 3.8) is 0 Å². The molecule has 0 bridgehead atoms. The van der Waals surface area contributed by atoms with E-state index >= 15 is 0 Å². The molecule has 0 fully saturated rings. The van der Waals surface area contributed by atoms with Gasteiger partial charge in [-0.25, -0.2) is 12.8 Å². The number of halogens is 1. The number of aromatic amines is 1. The minimum Gasteiger partial charge on any atom is -0.398 e. The number of nitrogens with one attached hydrogen (secondary N) is 2. The Balaban J connectivity index is 2.43. The van der Waals surface area contributed by atoms with Crippen molar-refractivity contribution in [2.24, 2.45) is 0 Å². The monoisotopic (exact) mass is 298 g/mol. The second-order valence-corrected chi connectivity index (χ2v) is 6.23. The van der Waals surface area contributed by atoms with Crippen LogP contribution in [0.25, 0.3) is 0 Å². The maximum Gasteiger partial charge on any atom is 0.263 e. The van der Waals surface area contributed by atoms with Gasteiger partial charge in [0.1, 0.15) is 5.82 Å². The van der Waals surface area contributed by atoms with E-state index in [0.29, 0.717) is 5.56 Å². The number of aryl methyl sites for hydroxylation is 1. The fraction of sp³-hybridized carbons (Fsp3) is 0.250. The lowest BCUT2D eigenvalue weighted by Gasteiger charge is -2.09. The van der Waals surface area contributed by atoms with E-state index in [-0.39, 0.29) is 22.0 Å². The molecule has 1 aromatic heterocycles. The van der Waals surface area contributed by atoms with E-state index in [1.165, 1.54) is 13.0 Å². The predicted molar refractivity (Wildman–Crippen MR) is 74.4 cm³/mol. The lowest BCUT2D eigenvalue weighted by molar-refractivity contribution is 0.593. The minimum absolute atomic E-state index is 0.0836. The number of aromatic nitrogens is 2. The molecular formula is C12H15FN4O2S. The quantitative estimate of drug-likeness (QED) is 0.753. The number of nitrogen functional groups attached to an aromatic ring is 1. The molecule has 108 valence electrons. The highest BCUT2D eigenvalue weighted by Crippen LogP contribution is 2.24. The molecule has 0 aliphatic rings. The lowest BCUT2D eigenvalue weighted by atomic mass is 10.2. The summed E-state index contributed by atoms with van der Waals surface area (Å²) in [5.74, 6) is -0.484. The van der Waals surface area contributed by atoms with Crippen LogP contribution in [0.1, 0.15) is 16.8 Å². The molecule has 8 heteroatoms. The molecule has 2 aromatic rings. The number of sulfonamides is 1.